The zero-order chi connectivity index (χ0) is 10.1. The van der Waals surface area contributed by atoms with Gasteiger partial charge in [-0.05, 0) is 12.8 Å². The van der Waals surface area contributed by atoms with Crippen LogP contribution in [0.1, 0.15) is 26.7 Å². The van der Waals surface area contributed by atoms with Gasteiger partial charge in [-0.15, -0.1) is 0 Å². The number of nitrogens with two attached hydrogens (primary N) is 1. The summed E-state index contributed by atoms with van der Waals surface area (Å²) < 4.78 is 0. The molecule has 5 heteroatoms. The lowest BCUT2D eigenvalue weighted by atomic mass is 9.79. The van der Waals surface area contributed by atoms with E-state index in [0.29, 0.717) is 12.8 Å². The van der Waals surface area contributed by atoms with Gasteiger partial charge in [-0.2, -0.15) is 0 Å². The maximum atomic E-state index is 11.5. The van der Waals surface area contributed by atoms with Gasteiger partial charge in [0.2, 0.25) is 5.84 Å². The number of urea groups is 1. The van der Waals surface area contributed by atoms with E-state index in [0.717, 1.165) is 0 Å². The SMILES string of the molecule is CCC1(CC)C(=O)NC(=O)[NH+]=C1N. The predicted octanol–water partition coefficient (Wildman–Crippen LogP) is -1.52. The lowest BCUT2D eigenvalue weighted by molar-refractivity contribution is -0.354. The van der Waals surface area contributed by atoms with E-state index in [-0.39, 0.29) is 11.7 Å². The minimum Gasteiger partial charge on any atom is -0.321 e. The average molecular weight is 184 g/mol. The quantitative estimate of drug-likeness (QED) is 0.487. The number of rotatable bonds is 2. The summed E-state index contributed by atoms with van der Waals surface area (Å²) in [5.74, 6) is -0.0509. The van der Waals surface area contributed by atoms with E-state index < -0.39 is 11.4 Å². The van der Waals surface area contributed by atoms with Crippen LogP contribution in [0.15, 0.2) is 0 Å². The molecule has 0 aromatic heterocycles. The number of hydrogen-bond acceptors (Lipinski definition) is 3. The summed E-state index contributed by atoms with van der Waals surface area (Å²) >= 11 is 0. The molecule has 1 aliphatic rings. The molecule has 0 aliphatic carbocycles. The van der Waals surface area contributed by atoms with E-state index >= 15 is 0 Å². The molecule has 0 saturated carbocycles. The van der Waals surface area contributed by atoms with E-state index in [4.69, 9.17) is 5.73 Å². The van der Waals surface area contributed by atoms with Crippen molar-refractivity contribution in [3.63, 3.8) is 0 Å². The predicted molar refractivity (Wildman–Crippen MR) is 46.7 cm³/mol. The Bertz CT molecular complexity index is 279. The van der Waals surface area contributed by atoms with Crippen molar-refractivity contribution in [2.75, 3.05) is 0 Å². The molecule has 1 aliphatic heterocycles. The van der Waals surface area contributed by atoms with Gasteiger partial charge in [-0.3, -0.25) is 4.79 Å². The van der Waals surface area contributed by atoms with Crippen molar-refractivity contribution >= 4 is 17.8 Å². The van der Waals surface area contributed by atoms with Crippen molar-refractivity contribution in [3.8, 4) is 0 Å². The summed E-state index contributed by atoms with van der Waals surface area (Å²) in [7, 11) is 0. The highest BCUT2D eigenvalue weighted by molar-refractivity contribution is 6.12. The van der Waals surface area contributed by atoms with Crippen LogP contribution in [0.3, 0.4) is 0 Å². The van der Waals surface area contributed by atoms with E-state index in [9.17, 15) is 9.59 Å². The summed E-state index contributed by atoms with van der Waals surface area (Å²) in [5, 5.41) is 2.21. The Morgan fingerprint density at radius 2 is 1.92 bits per heavy atom. The molecule has 0 aromatic rings. The van der Waals surface area contributed by atoms with Crippen molar-refractivity contribution < 1.29 is 14.6 Å². The van der Waals surface area contributed by atoms with Crippen molar-refractivity contribution in [2.24, 2.45) is 11.1 Å². The summed E-state index contributed by atoms with van der Waals surface area (Å²) in [6, 6.07) is -0.542. The third kappa shape index (κ3) is 1.30. The van der Waals surface area contributed by atoms with E-state index in [2.05, 4.69) is 10.3 Å². The summed E-state index contributed by atoms with van der Waals surface area (Å²) in [4.78, 5) is 24.8. The van der Waals surface area contributed by atoms with Gasteiger partial charge >= 0.3 is 6.03 Å². The number of imide groups is 1. The first kappa shape index (κ1) is 9.70. The maximum absolute atomic E-state index is 11.5. The molecule has 0 radical (unpaired) electrons. The molecule has 0 spiro atoms. The number of hydrogen-bond donors (Lipinski definition) is 3. The van der Waals surface area contributed by atoms with Gasteiger partial charge in [-0.1, -0.05) is 13.8 Å². The lowest BCUT2D eigenvalue weighted by Gasteiger charge is -2.27. The van der Waals surface area contributed by atoms with Gasteiger partial charge in [0, 0.05) is 0 Å². The Morgan fingerprint density at radius 1 is 1.38 bits per heavy atom. The monoisotopic (exact) mass is 184 g/mol. The van der Waals surface area contributed by atoms with Crippen LogP contribution in [0, 0.1) is 5.41 Å². The normalized spacial score (nSPS) is 20.9. The molecular formula is C8H14N3O2+. The third-order valence-corrected chi connectivity index (χ3v) is 2.63. The zero-order valence-corrected chi connectivity index (χ0v) is 7.81. The standard InChI is InChI=1S/C8H13N3O2/c1-3-8(4-2)5(9)10-7(13)11-6(8)12/h3-4H2,1-2H3,(H3,9,10,11,12,13)/p+1. The Morgan fingerprint density at radius 3 is 2.31 bits per heavy atom. The highest BCUT2D eigenvalue weighted by atomic mass is 16.2. The number of amides is 3. The zero-order valence-electron chi connectivity index (χ0n) is 7.81. The largest absolute Gasteiger partial charge is 0.440 e. The Labute approximate surface area is 76.4 Å². The van der Waals surface area contributed by atoms with Crippen molar-refractivity contribution in [3.05, 3.63) is 0 Å². The molecule has 0 saturated heterocycles. The fourth-order valence-corrected chi connectivity index (χ4v) is 1.57. The number of carbonyl (C=O) groups excluding carboxylic acids is 2. The summed E-state index contributed by atoms with van der Waals surface area (Å²) in [5.41, 5.74) is 4.91. The van der Waals surface area contributed by atoms with Crippen LogP contribution in [0.2, 0.25) is 0 Å². The average Bonchev–Trinajstić information content (AvgIpc) is 2.05. The van der Waals surface area contributed by atoms with Crippen LogP contribution in [-0.4, -0.2) is 17.8 Å². The van der Waals surface area contributed by atoms with Gasteiger partial charge in [-0.25, -0.2) is 15.1 Å². The third-order valence-electron chi connectivity index (χ3n) is 2.63. The molecule has 3 amide bonds. The van der Waals surface area contributed by atoms with E-state index in [1.807, 2.05) is 13.8 Å². The van der Waals surface area contributed by atoms with Crippen LogP contribution in [-0.2, 0) is 4.79 Å². The van der Waals surface area contributed by atoms with Crippen LogP contribution in [0.5, 0.6) is 0 Å². The van der Waals surface area contributed by atoms with Crippen molar-refractivity contribution in [2.45, 2.75) is 26.7 Å². The number of nitrogens with one attached hydrogen (secondary N) is 2. The molecular weight excluding hydrogens is 170 g/mol. The fourth-order valence-electron chi connectivity index (χ4n) is 1.57. The van der Waals surface area contributed by atoms with Crippen molar-refractivity contribution in [1.82, 2.24) is 5.32 Å². The minimum absolute atomic E-state index is 0.256. The Hall–Kier alpha value is -1.39. The van der Waals surface area contributed by atoms with Crippen LogP contribution >= 0.6 is 0 Å². The molecule has 0 atom stereocenters. The molecule has 0 aromatic carbocycles. The summed E-state index contributed by atoms with van der Waals surface area (Å²) in [6.45, 7) is 3.74. The Balaban J connectivity index is 3.14. The molecule has 1 rings (SSSR count). The van der Waals surface area contributed by atoms with Gasteiger partial charge in [0.25, 0.3) is 5.91 Å². The smallest absolute Gasteiger partial charge is 0.321 e. The second-order valence-electron chi connectivity index (χ2n) is 3.11. The van der Waals surface area contributed by atoms with Gasteiger partial charge in [0.15, 0.2) is 0 Å². The van der Waals surface area contributed by atoms with Crippen LogP contribution < -0.4 is 16.0 Å². The highest BCUT2D eigenvalue weighted by Gasteiger charge is 2.47. The Kier molecular flexibility index (Phi) is 2.36. The van der Waals surface area contributed by atoms with Crippen molar-refractivity contribution in [1.29, 1.82) is 0 Å². The summed E-state index contributed by atoms with van der Waals surface area (Å²) in [6.07, 6.45) is 1.17. The van der Waals surface area contributed by atoms with Gasteiger partial charge < -0.3 is 5.73 Å². The fraction of sp³-hybridized carbons (Fsp3) is 0.625. The molecule has 0 bridgehead atoms. The minimum atomic E-state index is -0.728. The number of carbonyl (C=O) groups is 2. The first-order valence-corrected chi connectivity index (χ1v) is 4.32. The highest BCUT2D eigenvalue weighted by Crippen LogP contribution is 2.25. The lowest BCUT2D eigenvalue weighted by Crippen LogP contribution is -2.90. The second kappa shape index (κ2) is 3.16. The van der Waals surface area contributed by atoms with Gasteiger partial charge in [0.1, 0.15) is 5.41 Å². The first-order valence-electron chi connectivity index (χ1n) is 4.32. The molecule has 0 fully saturated rings. The van der Waals surface area contributed by atoms with E-state index in [1.165, 1.54) is 0 Å². The van der Waals surface area contributed by atoms with Crippen LogP contribution in [0.4, 0.5) is 4.79 Å². The van der Waals surface area contributed by atoms with Gasteiger partial charge in [0.05, 0.1) is 0 Å². The van der Waals surface area contributed by atoms with E-state index in [1.54, 1.807) is 0 Å². The number of amidine groups is 1. The molecule has 1 heterocycles. The first-order chi connectivity index (χ1) is 6.06. The maximum Gasteiger partial charge on any atom is 0.440 e. The molecule has 0 unspecified atom stereocenters. The topological polar surface area (TPSA) is 86.2 Å². The van der Waals surface area contributed by atoms with Crippen LogP contribution in [0.25, 0.3) is 0 Å². The molecule has 72 valence electrons. The molecule has 4 N–H and O–H groups in total. The molecule has 5 nitrogen and oxygen atoms in total. The molecule has 13 heavy (non-hydrogen) atoms. The second-order valence-corrected chi connectivity index (χ2v) is 3.11.